The molecule has 2 N–H and O–H groups in total. The number of carbonyl (C=O) groups excluding carboxylic acids is 2. The van der Waals surface area contributed by atoms with Crippen LogP contribution in [0.25, 0.3) is 0 Å². The molecule has 1 saturated carbocycles. The molecule has 2 aliphatic rings. The molecule has 0 bridgehead atoms. The molecule has 1 aromatic carbocycles. The van der Waals surface area contributed by atoms with Crippen LogP contribution >= 0.6 is 11.3 Å². The lowest BCUT2D eigenvalue weighted by atomic mass is 9.95. The highest BCUT2D eigenvalue weighted by Crippen LogP contribution is 2.23. The quantitative estimate of drug-likeness (QED) is 0.616. The molecule has 2 fully saturated rings. The maximum Gasteiger partial charge on any atom is 0.240 e. The third kappa shape index (κ3) is 5.86. The SMILES string of the molecule is O=C(Nc1nncs1)C1CCN(C(=O)CCc2ccc(S(=O)(=O)NC3CC3)cc2)CC1. The Bertz CT molecular complexity index is 1010. The largest absolute Gasteiger partial charge is 0.343 e. The minimum atomic E-state index is -3.46. The molecule has 31 heavy (non-hydrogen) atoms. The maximum atomic E-state index is 12.6. The average molecular weight is 464 g/mol. The summed E-state index contributed by atoms with van der Waals surface area (Å²) in [6.07, 6.45) is 3.93. The molecule has 0 spiro atoms. The predicted octanol–water partition coefficient (Wildman–Crippen LogP) is 1.79. The van der Waals surface area contributed by atoms with Crippen LogP contribution in [0.5, 0.6) is 0 Å². The molecule has 0 unspecified atom stereocenters. The molecule has 11 heteroatoms. The number of sulfonamides is 1. The van der Waals surface area contributed by atoms with Gasteiger partial charge in [-0.3, -0.25) is 9.59 Å². The van der Waals surface area contributed by atoms with Gasteiger partial charge in [-0.05, 0) is 49.8 Å². The van der Waals surface area contributed by atoms with Gasteiger partial charge in [0.25, 0.3) is 0 Å². The molecule has 2 amide bonds. The van der Waals surface area contributed by atoms with Gasteiger partial charge in [0.05, 0.1) is 4.90 Å². The van der Waals surface area contributed by atoms with Crippen molar-refractivity contribution in [2.75, 3.05) is 18.4 Å². The van der Waals surface area contributed by atoms with Crippen molar-refractivity contribution >= 4 is 38.3 Å². The number of carbonyl (C=O) groups is 2. The van der Waals surface area contributed by atoms with Crippen molar-refractivity contribution in [2.45, 2.75) is 49.5 Å². The van der Waals surface area contributed by atoms with Crippen molar-refractivity contribution in [1.82, 2.24) is 19.8 Å². The second-order valence-electron chi connectivity index (χ2n) is 7.93. The number of anilines is 1. The van der Waals surface area contributed by atoms with E-state index in [2.05, 4.69) is 20.2 Å². The van der Waals surface area contributed by atoms with E-state index in [0.29, 0.717) is 43.9 Å². The van der Waals surface area contributed by atoms with Crippen LogP contribution in [-0.2, 0) is 26.0 Å². The Morgan fingerprint density at radius 1 is 1.10 bits per heavy atom. The predicted molar refractivity (Wildman–Crippen MR) is 116 cm³/mol. The van der Waals surface area contributed by atoms with E-state index >= 15 is 0 Å². The van der Waals surface area contributed by atoms with Crippen LogP contribution in [0.1, 0.15) is 37.7 Å². The molecule has 1 aliphatic heterocycles. The van der Waals surface area contributed by atoms with E-state index in [4.69, 9.17) is 0 Å². The first-order valence-corrected chi connectivity index (χ1v) is 12.7. The number of likely N-dealkylation sites (tertiary alicyclic amines) is 1. The Kier molecular flexibility index (Phi) is 6.63. The summed E-state index contributed by atoms with van der Waals surface area (Å²) in [4.78, 5) is 26.9. The van der Waals surface area contributed by atoms with Crippen LogP contribution in [-0.4, -0.2) is 54.5 Å². The molecule has 2 aromatic rings. The van der Waals surface area contributed by atoms with Gasteiger partial charge >= 0.3 is 0 Å². The van der Waals surface area contributed by atoms with Crippen molar-refractivity contribution in [1.29, 1.82) is 0 Å². The molecular weight excluding hydrogens is 438 g/mol. The second kappa shape index (κ2) is 9.41. The summed E-state index contributed by atoms with van der Waals surface area (Å²) in [5.41, 5.74) is 2.49. The lowest BCUT2D eigenvalue weighted by Gasteiger charge is -2.31. The summed E-state index contributed by atoms with van der Waals surface area (Å²) in [7, 11) is -3.46. The summed E-state index contributed by atoms with van der Waals surface area (Å²) in [5.74, 6) is -0.156. The summed E-state index contributed by atoms with van der Waals surface area (Å²) in [6.45, 7) is 1.11. The van der Waals surface area contributed by atoms with Crippen molar-refractivity contribution in [3.05, 3.63) is 35.3 Å². The van der Waals surface area contributed by atoms with Crippen molar-refractivity contribution in [3.63, 3.8) is 0 Å². The zero-order valence-corrected chi connectivity index (χ0v) is 18.6. The second-order valence-corrected chi connectivity index (χ2v) is 10.5. The fourth-order valence-electron chi connectivity index (χ4n) is 3.56. The van der Waals surface area contributed by atoms with E-state index in [1.807, 2.05) is 0 Å². The van der Waals surface area contributed by atoms with E-state index in [1.165, 1.54) is 11.3 Å². The highest BCUT2D eigenvalue weighted by molar-refractivity contribution is 7.89. The molecule has 166 valence electrons. The summed E-state index contributed by atoms with van der Waals surface area (Å²) >= 11 is 1.28. The minimum absolute atomic E-state index is 0.0510. The summed E-state index contributed by atoms with van der Waals surface area (Å²) < 4.78 is 27.1. The molecule has 4 rings (SSSR count). The zero-order valence-electron chi connectivity index (χ0n) is 17.0. The van der Waals surface area contributed by atoms with Gasteiger partial charge in [-0.1, -0.05) is 23.5 Å². The molecule has 1 aliphatic carbocycles. The lowest BCUT2D eigenvalue weighted by molar-refractivity contribution is -0.134. The smallest absolute Gasteiger partial charge is 0.240 e. The summed E-state index contributed by atoms with van der Waals surface area (Å²) in [5, 5.41) is 10.8. The lowest BCUT2D eigenvalue weighted by Crippen LogP contribution is -2.41. The number of aromatic nitrogens is 2. The summed E-state index contributed by atoms with van der Waals surface area (Å²) in [6, 6.07) is 6.78. The van der Waals surface area contributed by atoms with Gasteiger partial charge in [0.2, 0.25) is 27.0 Å². The molecule has 0 atom stereocenters. The Hall–Kier alpha value is -2.37. The number of hydrogen-bond acceptors (Lipinski definition) is 7. The van der Waals surface area contributed by atoms with Crippen LogP contribution < -0.4 is 10.0 Å². The van der Waals surface area contributed by atoms with Gasteiger partial charge in [-0.2, -0.15) is 0 Å². The zero-order chi connectivity index (χ0) is 21.8. The third-order valence-corrected chi connectivity index (χ3v) is 7.71. The minimum Gasteiger partial charge on any atom is -0.343 e. The number of hydrogen-bond donors (Lipinski definition) is 2. The highest BCUT2D eigenvalue weighted by Gasteiger charge is 2.29. The van der Waals surface area contributed by atoms with Crippen LogP contribution in [0.3, 0.4) is 0 Å². The molecule has 1 saturated heterocycles. The van der Waals surface area contributed by atoms with Crippen LogP contribution in [0.15, 0.2) is 34.7 Å². The normalized spacial score (nSPS) is 17.5. The molecule has 0 radical (unpaired) electrons. The Balaban J connectivity index is 1.22. The maximum absolute atomic E-state index is 12.6. The van der Waals surface area contributed by atoms with E-state index in [1.54, 1.807) is 34.7 Å². The van der Waals surface area contributed by atoms with Gasteiger partial charge < -0.3 is 10.2 Å². The number of piperidine rings is 1. The molecule has 9 nitrogen and oxygen atoms in total. The van der Waals surface area contributed by atoms with Crippen molar-refractivity contribution in [2.24, 2.45) is 5.92 Å². The van der Waals surface area contributed by atoms with Crippen molar-refractivity contribution in [3.8, 4) is 0 Å². The van der Waals surface area contributed by atoms with Crippen molar-refractivity contribution < 1.29 is 18.0 Å². The monoisotopic (exact) mass is 463 g/mol. The first kappa shape index (κ1) is 21.8. The Morgan fingerprint density at radius 3 is 2.42 bits per heavy atom. The van der Waals surface area contributed by atoms with E-state index in [9.17, 15) is 18.0 Å². The third-order valence-electron chi connectivity index (χ3n) is 5.57. The van der Waals surface area contributed by atoms with Gasteiger partial charge in [0.1, 0.15) is 5.51 Å². The van der Waals surface area contributed by atoms with Gasteiger partial charge in [-0.15, -0.1) is 10.2 Å². The van der Waals surface area contributed by atoms with E-state index < -0.39 is 10.0 Å². The average Bonchev–Trinajstić information content (AvgIpc) is 3.42. The molecule has 1 aromatic heterocycles. The van der Waals surface area contributed by atoms with E-state index in [0.717, 1.165) is 18.4 Å². The fourth-order valence-corrected chi connectivity index (χ4v) is 5.31. The highest BCUT2D eigenvalue weighted by atomic mass is 32.2. The number of benzene rings is 1. The number of nitrogens with one attached hydrogen (secondary N) is 2. The number of amides is 2. The number of aryl methyl sites for hydroxylation is 1. The number of nitrogens with zero attached hydrogens (tertiary/aromatic N) is 3. The first-order chi connectivity index (χ1) is 14.9. The first-order valence-electron chi connectivity index (χ1n) is 10.4. The molecule has 2 heterocycles. The molecular formula is C20H25N5O4S2. The Morgan fingerprint density at radius 2 is 1.81 bits per heavy atom. The van der Waals surface area contributed by atoms with Gasteiger partial charge in [-0.25, -0.2) is 13.1 Å². The number of rotatable bonds is 8. The fraction of sp³-hybridized carbons (Fsp3) is 0.500. The van der Waals surface area contributed by atoms with E-state index in [-0.39, 0.29) is 28.7 Å². The van der Waals surface area contributed by atoms with Crippen LogP contribution in [0.2, 0.25) is 0 Å². The topological polar surface area (TPSA) is 121 Å². The standard InChI is InChI=1S/C20H25N5O4S2/c26-18(25-11-9-15(10-12-25)19(27)22-20-23-21-13-30-20)8-3-14-1-6-17(7-2-14)31(28,29)24-16-4-5-16/h1-2,6-7,13,15-16,24H,3-5,8-12H2,(H,22,23,27). The van der Waals surface area contributed by atoms with Crippen LogP contribution in [0.4, 0.5) is 5.13 Å². The van der Waals surface area contributed by atoms with Gasteiger partial charge in [0, 0.05) is 31.5 Å². The van der Waals surface area contributed by atoms with Gasteiger partial charge in [0.15, 0.2) is 0 Å². The van der Waals surface area contributed by atoms with Crippen LogP contribution in [0, 0.1) is 5.92 Å². The Labute approximate surface area is 185 Å².